The average molecular weight is 320 g/mol. The molecule has 1 aliphatic rings. The lowest BCUT2D eigenvalue weighted by Crippen LogP contribution is -2.38. The second kappa shape index (κ2) is 6.46. The third-order valence-electron chi connectivity index (χ3n) is 3.78. The highest BCUT2D eigenvalue weighted by molar-refractivity contribution is 6.32. The molecule has 4 nitrogen and oxygen atoms in total. The standard InChI is InChI=1S/C17H18ClNO3/c1-21-16-7-11(6-14(18)17(16)20)9-19-13-8-12-4-2-3-5-15(12)22-10-13/h2-7,13,19-20H,8-10H2,1H3/t13-/m0/s1. The van der Waals surface area contributed by atoms with E-state index in [1.54, 1.807) is 12.1 Å². The molecule has 0 radical (unpaired) electrons. The largest absolute Gasteiger partial charge is 0.503 e. The zero-order chi connectivity index (χ0) is 15.5. The lowest BCUT2D eigenvalue weighted by atomic mass is 10.0. The van der Waals surface area contributed by atoms with E-state index in [-0.39, 0.29) is 11.8 Å². The smallest absolute Gasteiger partial charge is 0.176 e. The van der Waals surface area contributed by atoms with Gasteiger partial charge in [-0.3, -0.25) is 0 Å². The van der Waals surface area contributed by atoms with Gasteiger partial charge >= 0.3 is 0 Å². The van der Waals surface area contributed by atoms with Gasteiger partial charge in [0.2, 0.25) is 0 Å². The molecule has 2 N–H and O–H groups in total. The number of methoxy groups -OCH3 is 1. The van der Waals surface area contributed by atoms with Crippen molar-refractivity contribution in [3.63, 3.8) is 0 Å². The number of para-hydroxylation sites is 1. The molecule has 0 spiro atoms. The van der Waals surface area contributed by atoms with Crippen molar-refractivity contribution in [2.24, 2.45) is 0 Å². The van der Waals surface area contributed by atoms with E-state index in [4.69, 9.17) is 21.1 Å². The number of phenols is 1. The first-order valence-corrected chi connectivity index (χ1v) is 7.54. The van der Waals surface area contributed by atoms with Crippen molar-refractivity contribution < 1.29 is 14.6 Å². The summed E-state index contributed by atoms with van der Waals surface area (Å²) in [5.41, 5.74) is 2.17. The topological polar surface area (TPSA) is 50.7 Å². The summed E-state index contributed by atoms with van der Waals surface area (Å²) >= 11 is 6.00. The number of aromatic hydroxyl groups is 1. The number of rotatable bonds is 4. The Hall–Kier alpha value is -1.91. The maximum atomic E-state index is 9.75. The SMILES string of the molecule is COc1cc(CN[C@@H]2COc3ccccc3C2)cc(Cl)c1O. The van der Waals surface area contributed by atoms with E-state index in [2.05, 4.69) is 11.4 Å². The van der Waals surface area contributed by atoms with Crippen LogP contribution in [0.2, 0.25) is 5.02 Å². The number of nitrogens with one attached hydrogen (secondary N) is 1. The predicted molar refractivity (Wildman–Crippen MR) is 85.9 cm³/mol. The molecule has 1 aliphatic heterocycles. The Labute approximate surface area is 134 Å². The Bertz CT molecular complexity index is 675. The van der Waals surface area contributed by atoms with E-state index in [0.29, 0.717) is 23.9 Å². The predicted octanol–water partition coefficient (Wildman–Crippen LogP) is 3.15. The fourth-order valence-electron chi connectivity index (χ4n) is 2.61. The molecule has 0 aromatic heterocycles. The number of phenolic OH excluding ortho intramolecular Hbond substituents is 1. The molecule has 0 fully saturated rings. The molecule has 3 rings (SSSR count). The molecule has 0 saturated carbocycles. The highest BCUT2D eigenvalue weighted by Crippen LogP contribution is 2.35. The van der Waals surface area contributed by atoms with Gasteiger partial charge in [-0.1, -0.05) is 29.8 Å². The van der Waals surface area contributed by atoms with Gasteiger partial charge in [-0.15, -0.1) is 0 Å². The van der Waals surface area contributed by atoms with E-state index in [0.717, 1.165) is 17.7 Å². The summed E-state index contributed by atoms with van der Waals surface area (Å²) < 4.78 is 10.9. The minimum Gasteiger partial charge on any atom is -0.503 e. The van der Waals surface area contributed by atoms with Crippen LogP contribution in [0.5, 0.6) is 17.2 Å². The number of fused-ring (bicyclic) bond motifs is 1. The fraction of sp³-hybridized carbons (Fsp3) is 0.294. The first kappa shape index (κ1) is 15.0. The van der Waals surface area contributed by atoms with Crippen molar-refractivity contribution in [1.82, 2.24) is 5.32 Å². The molecule has 0 bridgehead atoms. The highest BCUT2D eigenvalue weighted by atomic mass is 35.5. The fourth-order valence-corrected chi connectivity index (χ4v) is 2.84. The summed E-state index contributed by atoms with van der Waals surface area (Å²) in [6.07, 6.45) is 0.930. The van der Waals surface area contributed by atoms with Gasteiger partial charge in [0.25, 0.3) is 0 Å². The molecule has 0 aliphatic carbocycles. The van der Waals surface area contributed by atoms with Crippen LogP contribution in [0.1, 0.15) is 11.1 Å². The number of hydrogen-bond donors (Lipinski definition) is 2. The molecule has 1 atom stereocenters. The highest BCUT2D eigenvalue weighted by Gasteiger charge is 2.19. The van der Waals surface area contributed by atoms with E-state index >= 15 is 0 Å². The Morgan fingerprint density at radius 2 is 2.18 bits per heavy atom. The lowest BCUT2D eigenvalue weighted by molar-refractivity contribution is 0.238. The summed E-state index contributed by atoms with van der Waals surface area (Å²) in [4.78, 5) is 0. The van der Waals surface area contributed by atoms with Crippen LogP contribution < -0.4 is 14.8 Å². The molecule has 0 saturated heterocycles. The van der Waals surface area contributed by atoms with E-state index < -0.39 is 0 Å². The molecule has 2 aromatic rings. The third-order valence-corrected chi connectivity index (χ3v) is 4.07. The van der Waals surface area contributed by atoms with Crippen molar-refractivity contribution in [2.75, 3.05) is 13.7 Å². The minimum atomic E-state index is -0.0251. The van der Waals surface area contributed by atoms with E-state index in [9.17, 15) is 5.11 Å². The Morgan fingerprint density at radius 3 is 3.00 bits per heavy atom. The van der Waals surface area contributed by atoms with Crippen LogP contribution in [0, 0.1) is 0 Å². The summed E-state index contributed by atoms with van der Waals surface area (Å²) in [5.74, 6) is 1.33. The minimum absolute atomic E-state index is 0.0251. The number of benzene rings is 2. The quantitative estimate of drug-likeness (QED) is 0.909. The number of halogens is 1. The summed E-state index contributed by atoms with van der Waals surface area (Å²) in [6.45, 7) is 1.27. The van der Waals surface area contributed by atoms with Crippen LogP contribution in [-0.4, -0.2) is 24.9 Å². The van der Waals surface area contributed by atoms with Crippen molar-refractivity contribution in [3.05, 3.63) is 52.5 Å². The Morgan fingerprint density at radius 1 is 1.36 bits per heavy atom. The van der Waals surface area contributed by atoms with Gasteiger partial charge in [-0.2, -0.15) is 0 Å². The third kappa shape index (κ3) is 3.13. The maximum absolute atomic E-state index is 9.75. The van der Waals surface area contributed by atoms with Gasteiger partial charge in [-0.25, -0.2) is 0 Å². The van der Waals surface area contributed by atoms with Crippen LogP contribution in [0.25, 0.3) is 0 Å². The van der Waals surface area contributed by atoms with Crippen LogP contribution >= 0.6 is 11.6 Å². The Balaban J connectivity index is 1.65. The molecule has 1 heterocycles. The zero-order valence-electron chi connectivity index (χ0n) is 12.3. The molecule has 2 aromatic carbocycles. The molecule has 0 unspecified atom stereocenters. The normalized spacial score (nSPS) is 16.7. The summed E-state index contributed by atoms with van der Waals surface area (Å²) in [6, 6.07) is 11.9. The maximum Gasteiger partial charge on any atom is 0.176 e. The van der Waals surface area contributed by atoms with E-state index in [1.807, 2.05) is 18.2 Å². The van der Waals surface area contributed by atoms with Gasteiger partial charge in [0.15, 0.2) is 11.5 Å². The lowest BCUT2D eigenvalue weighted by Gasteiger charge is -2.26. The van der Waals surface area contributed by atoms with Gasteiger partial charge in [0.05, 0.1) is 12.1 Å². The van der Waals surface area contributed by atoms with Gasteiger partial charge in [0.1, 0.15) is 12.4 Å². The van der Waals surface area contributed by atoms with Crippen molar-refractivity contribution >= 4 is 11.6 Å². The monoisotopic (exact) mass is 319 g/mol. The number of ether oxygens (including phenoxy) is 2. The first-order valence-electron chi connectivity index (χ1n) is 7.17. The molecule has 0 amide bonds. The Kier molecular flexibility index (Phi) is 4.41. The second-order valence-corrected chi connectivity index (χ2v) is 5.74. The molecule has 116 valence electrons. The van der Waals surface area contributed by atoms with Crippen LogP contribution in [-0.2, 0) is 13.0 Å². The van der Waals surface area contributed by atoms with Crippen LogP contribution in [0.4, 0.5) is 0 Å². The van der Waals surface area contributed by atoms with Gasteiger partial charge < -0.3 is 19.9 Å². The van der Waals surface area contributed by atoms with Crippen molar-refractivity contribution in [3.8, 4) is 17.2 Å². The summed E-state index contributed by atoms with van der Waals surface area (Å²) in [7, 11) is 1.51. The zero-order valence-corrected chi connectivity index (χ0v) is 13.1. The van der Waals surface area contributed by atoms with Gasteiger partial charge in [0, 0.05) is 12.6 Å². The van der Waals surface area contributed by atoms with E-state index in [1.165, 1.54) is 12.7 Å². The van der Waals surface area contributed by atoms with Crippen LogP contribution in [0.15, 0.2) is 36.4 Å². The molecule has 22 heavy (non-hydrogen) atoms. The molecular formula is C17H18ClNO3. The first-order chi connectivity index (χ1) is 10.7. The second-order valence-electron chi connectivity index (χ2n) is 5.33. The van der Waals surface area contributed by atoms with Crippen molar-refractivity contribution in [2.45, 2.75) is 19.0 Å². The molecular weight excluding hydrogens is 302 g/mol. The summed E-state index contributed by atoms with van der Waals surface area (Å²) in [5, 5.41) is 13.5. The molecule has 5 heteroatoms. The van der Waals surface area contributed by atoms with Crippen LogP contribution in [0.3, 0.4) is 0 Å². The van der Waals surface area contributed by atoms with Gasteiger partial charge in [-0.05, 0) is 35.7 Å². The average Bonchev–Trinajstić information content (AvgIpc) is 2.55. The van der Waals surface area contributed by atoms with Crippen molar-refractivity contribution in [1.29, 1.82) is 0 Å². The number of hydrogen-bond acceptors (Lipinski definition) is 4.